The Labute approximate surface area is 222 Å². The summed E-state index contributed by atoms with van der Waals surface area (Å²) < 4.78 is 0. The van der Waals surface area contributed by atoms with Crippen molar-refractivity contribution >= 4 is 24.0 Å². The third kappa shape index (κ3) is 20.1. The predicted molar refractivity (Wildman–Crippen MR) is 159 cm³/mol. The monoisotopic (exact) mass is 565 g/mol. The van der Waals surface area contributed by atoms with Gasteiger partial charge in [-0.1, -0.05) is 156 Å². The summed E-state index contributed by atoms with van der Waals surface area (Å²) in [4.78, 5) is 0. The second-order valence-electron chi connectivity index (χ2n) is 10.7. The zero-order valence-corrected chi connectivity index (χ0v) is 25.4. The normalized spacial score (nSPS) is 11.8. The third-order valence-electron chi connectivity index (χ3n) is 7.62. The number of hydrogen-bond acceptors (Lipinski definition) is 1. The fourth-order valence-electron chi connectivity index (χ4n) is 5.36. The van der Waals surface area contributed by atoms with Crippen LogP contribution in [0.25, 0.3) is 0 Å². The molecule has 0 atom stereocenters. The second-order valence-corrected chi connectivity index (χ2v) is 10.7. The summed E-state index contributed by atoms with van der Waals surface area (Å²) >= 11 is 0. The van der Waals surface area contributed by atoms with Gasteiger partial charge in [0.2, 0.25) is 0 Å². The van der Waals surface area contributed by atoms with Crippen molar-refractivity contribution in [1.29, 1.82) is 0 Å². The summed E-state index contributed by atoms with van der Waals surface area (Å²) in [6.45, 7) is 9.27. The highest BCUT2D eigenvalue weighted by atomic mass is 127. The van der Waals surface area contributed by atoms with E-state index >= 15 is 0 Å². The molecular weight excluding hydrogens is 501 g/mol. The average Bonchev–Trinajstić information content (AvgIpc) is 2.77. The minimum atomic E-state index is 0. The molecule has 2 heteroatoms. The quantitative estimate of drug-likeness (QED) is 0.0865. The third-order valence-corrected chi connectivity index (χ3v) is 7.62. The molecule has 0 aliphatic rings. The SMILES string of the molecule is CCCCCCCC(CCCCCCC)C(N)(CCCCCCC)CCCCCCC.I. The lowest BCUT2D eigenvalue weighted by atomic mass is 9.72. The van der Waals surface area contributed by atoms with Crippen LogP contribution in [0.2, 0.25) is 0 Å². The highest BCUT2D eigenvalue weighted by Gasteiger charge is 2.33. The molecule has 0 aliphatic carbocycles. The number of nitrogens with two attached hydrogens (primary N) is 1. The van der Waals surface area contributed by atoms with Crippen molar-refractivity contribution in [2.75, 3.05) is 0 Å². The van der Waals surface area contributed by atoms with Crippen LogP contribution in [-0.2, 0) is 0 Å². The lowest BCUT2D eigenvalue weighted by Gasteiger charge is -2.39. The topological polar surface area (TPSA) is 26.0 Å². The van der Waals surface area contributed by atoms with Gasteiger partial charge in [-0.2, -0.15) is 0 Å². The molecule has 0 heterocycles. The zero-order valence-electron chi connectivity index (χ0n) is 23.0. The van der Waals surface area contributed by atoms with E-state index in [0.29, 0.717) is 0 Å². The number of halogens is 1. The minimum Gasteiger partial charge on any atom is -0.325 e. The molecule has 0 unspecified atom stereocenters. The van der Waals surface area contributed by atoms with Crippen molar-refractivity contribution in [3.8, 4) is 0 Å². The summed E-state index contributed by atoms with van der Waals surface area (Å²) in [7, 11) is 0. The van der Waals surface area contributed by atoms with E-state index in [9.17, 15) is 0 Å². The highest BCUT2D eigenvalue weighted by molar-refractivity contribution is 14.0. The first-order chi connectivity index (χ1) is 15.1. The molecule has 0 aromatic rings. The summed E-state index contributed by atoms with van der Waals surface area (Å²) in [5, 5.41) is 0. The summed E-state index contributed by atoms with van der Waals surface area (Å²) in [6, 6.07) is 0. The van der Waals surface area contributed by atoms with Crippen LogP contribution in [0, 0.1) is 5.92 Å². The van der Waals surface area contributed by atoms with Crippen LogP contribution in [0.4, 0.5) is 0 Å². The van der Waals surface area contributed by atoms with Gasteiger partial charge in [0.05, 0.1) is 0 Å². The Bertz CT molecular complexity index is 316. The van der Waals surface area contributed by atoms with Crippen LogP contribution in [0.1, 0.15) is 182 Å². The molecule has 0 aliphatic heterocycles. The lowest BCUT2D eigenvalue weighted by molar-refractivity contribution is 0.189. The summed E-state index contributed by atoms with van der Waals surface area (Å²) in [6.07, 6.45) is 33.1. The van der Waals surface area contributed by atoms with Crippen LogP contribution in [0.3, 0.4) is 0 Å². The molecule has 0 rings (SSSR count). The van der Waals surface area contributed by atoms with Crippen LogP contribution < -0.4 is 5.73 Å². The molecule has 196 valence electrons. The van der Waals surface area contributed by atoms with Crippen molar-refractivity contribution < 1.29 is 0 Å². The Kier molecular flexibility index (Phi) is 28.6. The summed E-state index contributed by atoms with van der Waals surface area (Å²) in [5.41, 5.74) is 7.46. The Morgan fingerprint density at radius 2 is 0.719 bits per heavy atom. The molecule has 0 saturated carbocycles. The maximum atomic E-state index is 7.35. The van der Waals surface area contributed by atoms with Crippen molar-refractivity contribution in [3.05, 3.63) is 0 Å². The zero-order chi connectivity index (χ0) is 23.0. The molecule has 0 spiro atoms. The van der Waals surface area contributed by atoms with E-state index in [4.69, 9.17) is 5.73 Å². The molecular formula is C30H64IN. The van der Waals surface area contributed by atoms with E-state index in [1.54, 1.807) is 0 Å². The van der Waals surface area contributed by atoms with Gasteiger partial charge in [0.25, 0.3) is 0 Å². The second kappa shape index (κ2) is 26.3. The Balaban J connectivity index is 0. The van der Waals surface area contributed by atoms with Crippen molar-refractivity contribution in [2.45, 2.75) is 187 Å². The van der Waals surface area contributed by atoms with E-state index in [2.05, 4.69) is 27.7 Å². The van der Waals surface area contributed by atoms with E-state index in [1.165, 1.54) is 154 Å². The van der Waals surface area contributed by atoms with Gasteiger partial charge in [-0.05, 0) is 31.6 Å². The molecule has 0 radical (unpaired) electrons. The van der Waals surface area contributed by atoms with Gasteiger partial charge in [-0.25, -0.2) is 0 Å². The van der Waals surface area contributed by atoms with Gasteiger partial charge < -0.3 is 5.73 Å². The average molecular weight is 566 g/mol. The minimum absolute atomic E-state index is 0. The standard InChI is InChI=1S/C30H63N.HI/c1-5-9-13-17-21-25-29(26-22-18-14-10-6-2)30(31,27-23-19-15-11-7-3)28-24-20-16-12-8-4;/h29H,5-28,31H2,1-4H3;1H. The molecule has 0 aromatic carbocycles. The molecule has 2 N–H and O–H groups in total. The van der Waals surface area contributed by atoms with Crippen molar-refractivity contribution in [2.24, 2.45) is 11.7 Å². The summed E-state index contributed by atoms with van der Waals surface area (Å²) in [5.74, 6) is 0.758. The smallest absolute Gasteiger partial charge is 0.0182 e. The molecule has 0 fully saturated rings. The largest absolute Gasteiger partial charge is 0.325 e. The van der Waals surface area contributed by atoms with Crippen LogP contribution in [0.5, 0.6) is 0 Å². The fourth-order valence-corrected chi connectivity index (χ4v) is 5.36. The van der Waals surface area contributed by atoms with Gasteiger partial charge >= 0.3 is 0 Å². The highest BCUT2D eigenvalue weighted by Crippen LogP contribution is 2.35. The van der Waals surface area contributed by atoms with Crippen molar-refractivity contribution in [3.63, 3.8) is 0 Å². The number of rotatable bonds is 25. The van der Waals surface area contributed by atoms with Gasteiger partial charge in [0.1, 0.15) is 0 Å². The maximum absolute atomic E-state index is 7.35. The molecule has 0 bridgehead atoms. The Hall–Kier alpha value is 0.690. The van der Waals surface area contributed by atoms with E-state index in [-0.39, 0.29) is 29.5 Å². The maximum Gasteiger partial charge on any atom is 0.0182 e. The van der Waals surface area contributed by atoms with Crippen LogP contribution in [0.15, 0.2) is 0 Å². The molecule has 0 amide bonds. The predicted octanol–water partition coefficient (Wildman–Crippen LogP) is 11.4. The van der Waals surface area contributed by atoms with E-state index < -0.39 is 0 Å². The van der Waals surface area contributed by atoms with E-state index in [1.807, 2.05) is 0 Å². The number of hydrogen-bond donors (Lipinski definition) is 1. The first kappa shape index (κ1) is 34.9. The molecule has 1 nitrogen and oxygen atoms in total. The Morgan fingerprint density at radius 1 is 0.438 bits per heavy atom. The Morgan fingerprint density at radius 3 is 1.03 bits per heavy atom. The van der Waals surface area contributed by atoms with Gasteiger partial charge in [-0.3, -0.25) is 0 Å². The van der Waals surface area contributed by atoms with Gasteiger partial charge in [0.15, 0.2) is 0 Å². The van der Waals surface area contributed by atoms with Crippen molar-refractivity contribution in [1.82, 2.24) is 0 Å². The van der Waals surface area contributed by atoms with E-state index in [0.717, 1.165) is 5.92 Å². The lowest BCUT2D eigenvalue weighted by Crippen LogP contribution is -2.47. The number of unbranched alkanes of at least 4 members (excludes halogenated alkanes) is 16. The first-order valence-electron chi connectivity index (χ1n) is 14.9. The van der Waals surface area contributed by atoms with Crippen LogP contribution >= 0.6 is 24.0 Å². The first-order valence-corrected chi connectivity index (χ1v) is 14.9. The fraction of sp³-hybridized carbons (Fsp3) is 1.00. The van der Waals surface area contributed by atoms with Crippen LogP contribution in [-0.4, -0.2) is 5.54 Å². The molecule has 32 heavy (non-hydrogen) atoms. The van der Waals surface area contributed by atoms with Gasteiger partial charge in [0, 0.05) is 5.54 Å². The van der Waals surface area contributed by atoms with Gasteiger partial charge in [-0.15, -0.1) is 24.0 Å². The molecule has 0 saturated heterocycles. The molecule has 0 aromatic heterocycles.